The van der Waals surface area contributed by atoms with Gasteiger partial charge in [0.2, 0.25) is 0 Å². The van der Waals surface area contributed by atoms with Gasteiger partial charge < -0.3 is 4.57 Å². The van der Waals surface area contributed by atoms with Crippen LogP contribution >= 0.6 is 11.3 Å². The number of terminal acetylenes is 1. The minimum Gasteiger partial charge on any atom is -0.305 e. The molecule has 3 rings (SSSR count). The summed E-state index contributed by atoms with van der Waals surface area (Å²) in [6.07, 6.45) is 5.78. The normalized spacial score (nSPS) is 11.6. The summed E-state index contributed by atoms with van der Waals surface area (Å²) < 4.78 is 2.99. The molecule has 0 bridgehead atoms. The second-order valence-corrected chi connectivity index (χ2v) is 6.76. The number of carbonyl (C=O) groups is 1. The van der Waals surface area contributed by atoms with Crippen molar-refractivity contribution >= 4 is 27.5 Å². The van der Waals surface area contributed by atoms with E-state index in [1.807, 2.05) is 54.8 Å². The number of carbonyl (C=O) groups excluding carboxylic acids is 1. The second-order valence-electron chi connectivity index (χ2n) is 5.75. The quantitative estimate of drug-likeness (QED) is 0.674. The highest BCUT2D eigenvalue weighted by Crippen LogP contribution is 2.17. The highest BCUT2D eigenvalue weighted by atomic mass is 32.1. The molecule has 0 aliphatic carbocycles. The van der Waals surface area contributed by atoms with Crippen LogP contribution in [0.2, 0.25) is 0 Å². The number of aryl methyl sites for hydroxylation is 2. The molecule has 4 heteroatoms. The van der Waals surface area contributed by atoms with Crippen LogP contribution in [0.15, 0.2) is 47.5 Å². The molecule has 0 aliphatic rings. The van der Waals surface area contributed by atoms with E-state index in [0.29, 0.717) is 17.8 Å². The first-order chi connectivity index (χ1) is 11.6. The molecule has 0 spiro atoms. The summed E-state index contributed by atoms with van der Waals surface area (Å²) in [7, 11) is 0. The molecule has 24 heavy (non-hydrogen) atoms. The van der Waals surface area contributed by atoms with Gasteiger partial charge in [-0.3, -0.25) is 4.79 Å². The maximum Gasteiger partial charge on any atom is 0.252 e. The molecule has 0 fully saturated rings. The molecule has 3 aromatic rings. The summed E-state index contributed by atoms with van der Waals surface area (Å²) in [5.74, 6) is 2.49. The molecule has 3 nitrogen and oxygen atoms in total. The van der Waals surface area contributed by atoms with E-state index in [9.17, 15) is 4.79 Å². The van der Waals surface area contributed by atoms with E-state index in [4.69, 9.17) is 6.42 Å². The molecule has 1 aromatic heterocycles. The van der Waals surface area contributed by atoms with E-state index in [-0.39, 0.29) is 5.91 Å². The fourth-order valence-electron chi connectivity index (χ4n) is 2.70. The smallest absolute Gasteiger partial charge is 0.252 e. The van der Waals surface area contributed by atoms with Gasteiger partial charge in [-0.15, -0.1) is 6.42 Å². The summed E-state index contributed by atoms with van der Waals surface area (Å²) in [5.41, 5.74) is 4.33. The van der Waals surface area contributed by atoms with Gasteiger partial charge in [-0.2, -0.15) is 4.99 Å². The number of rotatable bonds is 3. The van der Waals surface area contributed by atoms with Crippen molar-refractivity contribution in [2.24, 2.45) is 4.99 Å². The Morgan fingerprint density at radius 2 is 2.04 bits per heavy atom. The van der Waals surface area contributed by atoms with Crippen LogP contribution in [0, 0.1) is 26.2 Å². The highest BCUT2D eigenvalue weighted by molar-refractivity contribution is 7.16. The van der Waals surface area contributed by atoms with Gasteiger partial charge in [0, 0.05) is 0 Å². The zero-order chi connectivity index (χ0) is 17.1. The van der Waals surface area contributed by atoms with E-state index in [2.05, 4.69) is 17.0 Å². The van der Waals surface area contributed by atoms with Crippen molar-refractivity contribution in [1.82, 2.24) is 4.57 Å². The number of fused-ring (bicyclic) bond motifs is 1. The van der Waals surface area contributed by atoms with Crippen molar-refractivity contribution in [2.45, 2.75) is 26.8 Å². The van der Waals surface area contributed by atoms with Crippen molar-refractivity contribution in [2.75, 3.05) is 0 Å². The van der Waals surface area contributed by atoms with Gasteiger partial charge in [0.15, 0.2) is 4.80 Å². The van der Waals surface area contributed by atoms with Gasteiger partial charge in [-0.1, -0.05) is 53.2 Å². The van der Waals surface area contributed by atoms with Crippen LogP contribution in [-0.2, 0) is 17.8 Å². The first-order valence-electron chi connectivity index (χ1n) is 7.74. The number of amides is 1. The lowest BCUT2D eigenvalue weighted by Crippen LogP contribution is -2.17. The molecule has 0 atom stereocenters. The maximum absolute atomic E-state index is 12.4. The molecule has 2 aromatic carbocycles. The van der Waals surface area contributed by atoms with Gasteiger partial charge in [-0.05, 0) is 37.1 Å². The SMILES string of the molecule is C#CCn1c(=NC(=O)Cc2ccc(C)cc2C)sc2ccccc21. The molecule has 0 radical (unpaired) electrons. The van der Waals surface area contributed by atoms with Crippen LogP contribution in [-0.4, -0.2) is 10.5 Å². The average Bonchev–Trinajstić information content (AvgIpc) is 2.88. The van der Waals surface area contributed by atoms with Gasteiger partial charge in [0.05, 0.1) is 23.2 Å². The predicted molar refractivity (Wildman–Crippen MR) is 98.8 cm³/mol. The van der Waals surface area contributed by atoms with E-state index in [1.54, 1.807) is 0 Å². The molecule has 0 N–H and O–H groups in total. The minimum absolute atomic E-state index is 0.153. The standard InChI is InChI=1S/C20H18N2OS/c1-4-11-22-17-7-5-6-8-18(17)24-20(22)21-19(23)13-16-10-9-14(2)12-15(16)3/h1,5-10,12H,11,13H2,2-3H3. The molecule has 0 unspecified atom stereocenters. The topological polar surface area (TPSA) is 34.4 Å². The van der Waals surface area contributed by atoms with E-state index >= 15 is 0 Å². The first-order valence-corrected chi connectivity index (χ1v) is 8.55. The van der Waals surface area contributed by atoms with Gasteiger partial charge in [0.25, 0.3) is 5.91 Å². The zero-order valence-electron chi connectivity index (χ0n) is 13.7. The molecular weight excluding hydrogens is 316 g/mol. The molecule has 1 heterocycles. The van der Waals surface area contributed by atoms with E-state index < -0.39 is 0 Å². The third kappa shape index (κ3) is 3.32. The Kier molecular flexibility index (Phi) is 4.64. The lowest BCUT2D eigenvalue weighted by atomic mass is 10.0. The fourth-order valence-corrected chi connectivity index (χ4v) is 3.75. The van der Waals surface area contributed by atoms with Crippen LogP contribution < -0.4 is 4.80 Å². The number of hydrogen-bond donors (Lipinski definition) is 0. The Balaban J connectivity index is 1.98. The second kappa shape index (κ2) is 6.86. The van der Waals surface area contributed by atoms with E-state index in [1.165, 1.54) is 16.9 Å². The number of hydrogen-bond acceptors (Lipinski definition) is 2. The fraction of sp³-hybridized carbons (Fsp3) is 0.200. The summed E-state index contributed by atoms with van der Waals surface area (Å²) in [4.78, 5) is 17.4. The first kappa shape index (κ1) is 16.2. The van der Waals surface area contributed by atoms with E-state index in [0.717, 1.165) is 21.3 Å². The third-order valence-electron chi connectivity index (χ3n) is 3.90. The van der Waals surface area contributed by atoms with Crippen LogP contribution in [0.4, 0.5) is 0 Å². The van der Waals surface area contributed by atoms with Gasteiger partial charge in [0.1, 0.15) is 0 Å². The van der Waals surface area contributed by atoms with Crippen molar-refractivity contribution in [3.05, 3.63) is 64.0 Å². The Morgan fingerprint density at radius 1 is 1.25 bits per heavy atom. The van der Waals surface area contributed by atoms with Crippen molar-refractivity contribution in [3.8, 4) is 12.3 Å². The molecule has 120 valence electrons. The maximum atomic E-state index is 12.4. The Hall–Kier alpha value is -2.64. The van der Waals surface area contributed by atoms with Crippen molar-refractivity contribution in [1.29, 1.82) is 0 Å². The molecule has 0 saturated carbocycles. The summed E-state index contributed by atoms with van der Waals surface area (Å²) in [6.45, 7) is 4.47. The van der Waals surface area contributed by atoms with Crippen LogP contribution in [0.3, 0.4) is 0 Å². The van der Waals surface area contributed by atoms with Crippen LogP contribution in [0.5, 0.6) is 0 Å². The van der Waals surface area contributed by atoms with Gasteiger partial charge >= 0.3 is 0 Å². The summed E-state index contributed by atoms with van der Waals surface area (Å²) in [5, 5.41) is 0. The molecule has 1 amide bonds. The lowest BCUT2D eigenvalue weighted by Gasteiger charge is -2.04. The minimum atomic E-state index is -0.153. The predicted octanol–water partition coefficient (Wildman–Crippen LogP) is 3.62. The Labute approximate surface area is 145 Å². The highest BCUT2D eigenvalue weighted by Gasteiger charge is 2.08. The summed E-state index contributed by atoms with van der Waals surface area (Å²) in [6, 6.07) is 14.0. The average molecular weight is 334 g/mol. The number of aromatic nitrogens is 1. The van der Waals surface area contributed by atoms with Crippen molar-refractivity contribution < 1.29 is 4.79 Å². The monoisotopic (exact) mass is 334 g/mol. The van der Waals surface area contributed by atoms with Crippen molar-refractivity contribution in [3.63, 3.8) is 0 Å². The van der Waals surface area contributed by atoms with Gasteiger partial charge in [-0.25, -0.2) is 0 Å². The Bertz CT molecular complexity index is 1020. The Morgan fingerprint density at radius 3 is 2.79 bits per heavy atom. The number of thiazole rings is 1. The molecular formula is C20H18N2OS. The lowest BCUT2D eigenvalue weighted by molar-refractivity contribution is -0.117. The summed E-state index contributed by atoms with van der Waals surface area (Å²) >= 11 is 1.49. The third-order valence-corrected chi connectivity index (χ3v) is 4.96. The van der Waals surface area contributed by atoms with Crippen LogP contribution in [0.25, 0.3) is 10.2 Å². The number of para-hydroxylation sites is 1. The number of benzene rings is 2. The molecule has 0 aliphatic heterocycles. The largest absolute Gasteiger partial charge is 0.305 e. The number of nitrogens with zero attached hydrogens (tertiary/aromatic N) is 2. The van der Waals surface area contributed by atoms with Crippen LogP contribution in [0.1, 0.15) is 16.7 Å². The zero-order valence-corrected chi connectivity index (χ0v) is 14.6. The molecule has 0 saturated heterocycles.